The van der Waals surface area contributed by atoms with Gasteiger partial charge in [0.1, 0.15) is 17.1 Å². The highest BCUT2D eigenvalue weighted by Crippen LogP contribution is 2.37. The standard InChI is InChI=1S/C26H21BrFNO3/c1-15(11-26(30)29-19-8-9-23(27)16(2)10-19)20-12-21-22(17-4-6-18(28)7-5-17)14-32-25(21)13-24(20)31-3/h4-14H,1-3H3,(H,29,30)/b15-11+. The number of hydrogen-bond donors (Lipinski definition) is 1. The molecule has 162 valence electrons. The minimum absolute atomic E-state index is 0.239. The molecule has 4 nitrogen and oxygen atoms in total. The largest absolute Gasteiger partial charge is 0.496 e. The first kappa shape index (κ1) is 21.8. The fourth-order valence-electron chi connectivity index (χ4n) is 3.56. The van der Waals surface area contributed by atoms with Crippen LogP contribution >= 0.6 is 15.9 Å². The summed E-state index contributed by atoms with van der Waals surface area (Å²) in [6.07, 6.45) is 3.18. The van der Waals surface area contributed by atoms with Gasteiger partial charge in [-0.05, 0) is 66.9 Å². The molecule has 0 saturated carbocycles. The molecule has 0 aliphatic rings. The smallest absolute Gasteiger partial charge is 0.248 e. The summed E-state index contributed by atoms with van der Waals surface area (Å²) in [5.74, 6) is 0.0607. The molecule has 0 fully saturated rings. The highest BCUT2D eigenvalue weighted by Gasteiger charge is 2.15. The number of furan rings is 1. The second-order valence-corrected chi connectivity index (χ2v) is 8.34. The molecule has 0 spiro atoms. The topological polar surface area (TPSA) is 51.5 Å². The zero-order chi connectivity index (χ0) is 22.8. The number of aryl methyl sites for hydroxylation is 1. The summed E-state index contributed by atoms with van der Waals surface area (Å²) in [6.45, 7) is 3.82. The average Bonchev–Trinajstić information content (AvgIpc) is 3.18. The van der Waals surface area contributed by atoms with Gasteiger partial charge in [-0.25, -0.2) is 4.39 Å². The number of rotatable bonds is 5. The quantitative estimate of drug-likeness (QED) is 0.295. The number of hydrogen-bond acceptors (Lipinski definition) is 3. The maximum absolute atomic E-state index is 13.3. The number of amides is 1. The van der Waals surface area contributed by atoms with Crippen LogP contribution in [0.25, 0.3) is 27.7 Å². The molecule has 1 aromatic heterocycles. The van der Waals surface area contributed by atoms with E-state index in [1.165, 1.54) is 12.1 Å². The van der Waals surface area contributed by atoms with E-state index < -0.39 is 0 Å². The van der Waals surface area contributed by atoms with Crippen LogP contribution in [0.1, 0.15) is 18.1 Å². The zero-order valence-corrected chi connectivity index (χ0v) is 19.4. The summed E-state index contributed by atoms with van der Waals surface area (Å²) in [5, 5.41) is 3.74. The Morgan fingerprint density at radius 3 is 2.56 bits per heavy atom. The van der Waals surface area contributed by atoms with Crippen LogP contribution in [0.3, 0.4) is 0 Å². The third-order valence-electron chi connectivity index (χ3n) is 5.25. The van der Waals surface area contributed by atoms with Crippen LogP contribution in [-0.4, -0.2) is 13.0 Å². The molecule has 4 aromatic rings. The Kier molecular flexibility index (Phi) is 6.15. The number of methoxy groups -OCH3 is 1. The lowest BCUT2D eigenvalue weighted by atomic mass is 9.99. The molecular weight excluding hydrogens is 473 g/mol. The van der Waals surface area contributed by atoms with Gasteiger partial charge >= 0.3 is 0 Å². The predicted molar refractivity (Wildman–Crippen MR) is 129 cm³/mol. The highest BCUT2D eigenvalue weighted by molar-refractivity contribution is 9.10. The van der Waals surface area contributed by atoms with E-state index in [4.69, 9.17) is 9.15 Å². The summed E-state index contributed by atoms with van der Waals surface area (Å²) >= 11 is 3.46. The highest BCUT2D eigenvalue weighted by atomic mass is 79.9. The molecule has 4 rings (SSSR count). The molecule has 6 heteroatoms. The average molecular weight is 494 g/mol. The molecule has 0 unspecified atom stereocenters. The van der Waals surface area contributed by atoms with Gasteiger partial charge in [0.15, 0.2) is 0 Å². The molecule has 32 heavy (non-hydrogen) atoms. The van der Waals surface area contributed by atoms with E-state index in [1.807, 2.05) is 38.1 Å². The maximum atomic E-state index is 13.3. The molecule has 0 aliphatic carbocycles. The van der Waals surface area contributed by atoms with E-state index in [-0.39, 0.29) is 11.7 Å². The SMILES string of the molecule is COc1cc2occ(-c3ccc(F)cc3)c2cc1/C(C)=C/C(=O)Nc1ccc(Br)c(C)c1. The van der Waals surface area contributed by atoms with Gasteiger partial charge in [0, 0.05) is 38.8 Å². The molecule has 0 atom stereocenters. The van der Waals surface area contributed by atoms with Gasteiger partial charge in [-0.1, -0.05) is 28.1 Å². The molecule has 1 amide bonds. The first-order chi connectivity index (χ1) is 15.4. The number of halogens is 2. The predicted octanol–water partition coefficient (Wildman–Crippen LogP) is 7.36. The summed E-state index contributed by atoms with van der Waals surface area (Å²) in [7, 11) is 1.58. The summed E-state index contributed by atoms with van der Waals surface area (Å²) in [4.78, 5) is 12.6. The fraction of sp³-hybridized carbons (Fsp3) is 0.115. The molecule has 1 heterocycles. The van der Waals surface area contributed by atoms with E-state index in [0.29, 0.717) is 11.3 Å². The Balaban J connectivity index is 1.69. The number of nitrogens with one attached hydrogen (secondary N) is 1. The molecule has 0 radical (unpaired) electrons. The first-order valence-corrected chi connectivity index (χ1v) is 10.8. The number of carbonyl (C=O) groups is 1. The van der Waals surface area contributed by atoms with E-state index >= 15 is 0 Å². The minimum Gasteiger partial charge on any atom is -0.496 e. The molecule has 1 N–H and O–H groups in total. The van der Waals surface area contributed by atoms with E-state index in [1.54, 1.807) is 37.6 Å². The third kappa shape index (κ3) is 4.46. The van der Waals surface area contributed by atoms with Crippen molar-refractivity contribution in [3.8, 4) is 16.9 Å². The van der Waals surface area contributed by atoms with Crippen molar-refractivity contribution in [2.75, 3.05) is 12.4 Å². The van der Waals surface area contributed by atoms with E-state index in [9.17, 15) is 9.18 Å². The Morgan fingerprint density at radius 1 is 1.12 bits per heavy atom. The van der Waals surface area contributed by atoms with Crippen LogP contribution in [0, 0.1) is 12.7 Å². The second-order valence-electron chi connectivity index (χ2n) is 7.49. The molecular formula is C26H21BrFNO3. The van der Waals surface area contributed by atoms with Crippen LogP contribution in [0.5, 0.6) is 5.75 Å². The zero-order valence-electron chi connectivity index (χ0n) is 17.8. The van der Waals surface area contributed by atoms with Gasteiger partial charge in [-0.2, -0.15) is 0 Å². The molecule has 0 bridgehead atoms. The minimum atomic E-state index is -0.297. The molecule has 0 aliphatic heterocycles. The second kappa shape index (κ2) is 9.01. The Labute approximate surface area is 193 Å². The van der Waals surface area contributed by atoms with Crippen molar-refractivity contribution in [3.63, 3.8) is 0 Å². The number of ether oxygens (including phenoxy) is 1. The maximum Gasteiger partial charge on any atom is 0.248 e. The first-order valence-electron chi connectivity index (χ1n) is 9.96. The monoisotopic (exact) mass is 493 g/mol. The van der Waals surface area contributed by atoms with Crippen molar-refractivity contribution in [1.29, 1.82) is 0 Å². The normalized spacial score (nSPS) is 11.6. The number of allylic oxidation sites excluding steroid dienone is 1. The lowest BCUT2D eigenvalue weighted by Crippen LogP contribution is -2.08. The van der Waals surface area contributed by atoms with Crippen LogP contribution in [-0.2, 0) is 4.79 Å². The van der Waals surface area contributed by atoms with Gasteiger partial charge in [0.25, 0.3) is 0 Å². The Morgan fingerprint density at radius 2 is 1.88 bits per heavy atom. The number of fused-ring (bicyclic) bond motifs is 1. The third-order valence-corrected chi connectivity index (χ3v) is 6.14. The van der Waals surface area contributed by atoms with E-state index in [2.05, 4.69) is 21.2 Å². The van der Waals surface area contributed by atoms with Gasteiger partial charge in [0.05, 0.1) is 13.4 Å². The van der Waals surface area contributed by atoms with Crippen LogP contribution < -0.4 is 10.1 Å². The van der Waals surface area contributed by atoms with Crippen molar-refractivity contribution in [2.24, 2.45) is 0 Å². The van der Waals surface area contributed by atoms with Crippen molar-refractivity contribution in [2.45, 2.75) is 13.8 Å². The van der Waals surface area contributed by atoms with Gasteiger partial charge in [-0.3, -0.25) is 4.79 Å². The number of benzene rings is 3. The number of carbonyl (C=O) groups excluding carboxylic acids is 1. The lowest BCUT2D eigenvalue weighted by Gasteiger charge is -2.10. The van der Waals surface area contributed by atoms with E-state index in [0.717, 1.165) is 43.4 Å². The summed E-state index contributed by atoms with van der Waals surface area (Å²) in [6, 6.07) is 15.6. The molecule has 3 aromatic carbocycles. The Hall–Kier alpha value is -3.38. The molecule has 0 saturated heterocycles. The van der Waals surface area contributed by atoms with Crippen molar-refractivity contribution >= 4 is 44.1 Å². The van der Waals surface area contributed by atoms with Crippen molar-refractivity contribution in [3.05, 3.63) is 88.4 Å². The van der Waals surface area contributed by atoms with Gasteiger partial charge in [0.2, 0.25) is 5.91 Å². The fourth-order valence-corrected chi connectivity index (χ4v) is 3.81. The van der Waals surface area contributed by atoms with Gasteiger partial charge in [-0.15, -0.1) is 0 Å². The summed E-state index contributed by atoms with van der Waals surface area (Å²) in [5.41, 5.74) is 5.58. The summed E-state index contributed by atoms with van der Waals surface area (Å²) < 4.78 is 25.6. The van der Waals surface area contributed by atoms with Gasteiger partial charge < -0.3 is 14.5 Å². The Bertz CT molecular complexity index is 1340. The van der Waals surface area contributed by atoms with Crippen LogP contribution in [0.15, 0.2) is 75.8 Å². The van der Waals surface area contributed by atoms with Crippen molar-refractivity contribution in [1.82, 2.24) is 0 Å². The van der Waals surface area contributed by atoms with Crippen molar-refractivity contribution < 1.29 is 18.3 Å². The lowest BCUT2D eigenvalue weighted by molar-refractivity contribution is -0.111. The number of anilines is 1. The van der Waals surface area contributed by atoms with Crippen LogP contribution in [0.4, 0.5) is 10.1 Å². The van der Waals surface area contributed by atoms with Crippen LogP contribution in [0.2, 0.25) is 0 Å².